The standard InChI is InChI=1S/C25H34ClFN4O2S/c1-7-24(10-13(24)2)21(27)23(33-6)29-16(5)31-11-17-20(32)14(3)15(4)22(28)30-25(17,12-31)18-8-9-19(26)34-18/h8-9,13-15,17H,7,10-12H2,1-6H3,(H2,28,30)/b23-21-,29-16+/t13?,14?,15?,17-,24?,25-/m0/s1. The maximum atomic E-state index is 15.4. The van der Waals surface area contributed by atoms with Crippen LogP contribution in [-0.2, 0) is 15.1 Å². The predicted octanol–water partition coefficient (Wildman–Crippen LogP) is 5.59. The summed E-state index contributed by atoms with van der Waals surface area (Å²) in [6.07, 6.45) is 1.49. The molecule has 34 heavy (non-hydrogen) atoms. The first-order valence-corrected chi connectivity index (χ1v) is 13.1. The van der Waals surface area contributed by atoms with Crippen LogP contribution in [0.3, 0.4) is 0 Å². The second kappa shape index (κ2) is 8.94. The molecular weight excluding hydrogens is 475 g/mol. The Bertz CT molecular complexity index is 1070. The summed E-state index contributed by atoms with van der Waals surface area (Å²) in [6, 6.07) is 3.76. The molecule has 3 heterocycles. The molecule has 3 aliphatic rings. The van der Waals surface area contributed by atoms with Crippen molar-refractivity contribution in [1.82, 2.24) is 10.2 Å². The molecule has 4 unspecified atom stereocenters. The summed E-state index contributed by atoms with van der Waals surface area (Å²) in [5, 5.41) is 12.1. The van der Waals surface area contributed by atoms with Crippen molar-refractivity contribution in [2.75, 3.05) is 20.2 Å². The number of rotatable bonds is 5. The third-order valence-electron chi connectivity index (χ3n) is 8.43. The number of hydrogen-bond donors (Lipinski definition) is 2. The Morgan fingerprint density at radius 1 is 1.38 bits per heavy atom. The molecule has 0 bridgehead atoms. The van der Waals surface area contributed by atoms with Crippen molar-refractivity contribution in [1.29, 1.82) is 5.41 Å². The average Bonchev–Trinajstić information content (AvgIpc) is 3.12. The minimum atomic E-state index is -0.785. The molecule has 186 valence electrons. The van der Waals surface area contributed by atoms with Crippen molar-refractivity contribution in [3.63, 3.8) is 0 Å². The number of likely N-dealkylation sites (tertiary alicyclic amines) is 1. The second-order valence-corrected chi connectivity index (χ2v) is 11.8. The zero-order valence-corrected chi connectivity index (χ0v) is 22.2. The number of allylic oxidation sites excluding steroid dienone is 1. The zero-order valence-electron chi connectivity index (χ0n) is 20.7. The van der Waals surface area contributed by atoms with Crippen LogP contribution in [0.25, 0.3) is 0 Å². The molecule has 0 spiro atoms. The van der Waals surface area contributed by atoms with Gasteiger partial charge in [-0.15, -0.1) is 11.3 Å². The van der Waals surface area contributed by atoms with Crippen molar-refractivity contribution < 1.29 is 13.9 Å². The van der Waals surface area contributed by atoms with Crippen molar-refractivity contribution in [2.24, 2.45) is 34.1 Å². The van der Waals surface area contributed by atoms with Gasteiger partial charge in [0.1, 0.15) is 17.2 Å². The third kappa shape index (κ3) is 3.87. The van der Waals surface area contributed by atoms with Gasteiger partial charge in [0.2, 0.25) is 5.88 Å². The molecule has 1 aromatic rings. The number of hydrogen-bond acceptors (Lipinski definition) is 5. The number of nitrogens with one attached hydrogen (secondary N) is 2. The van der Waals surface area contributed by atoms with Crippen LogP contribution in [0.2, 0.25) is 4.34 Å². The van der Waals surface area contributed by atoms with Gasteiger partial charge in [0.25, 0.3) is 0 Å². The van der Waals surface area contributed by atoms with Gasteiger partial charge < -0.3 is 15.0 Å². The third-order valence-corrected chi connectivity index (χ3v) is 9.84. The SMILES string of the molecule is CCC1(/C(F)=C(\N=C(/C)N2C[C@H]3C(=O)C(C)C(C)C(=N)N[C@@]3(c3ccc(Cl)s3)C2)OC)CC1C. The van der Waals surface area contributed by atoms with Crippen molar-refractivity contribution >= 4 is 40.4 Å². The van der Waals surface area contributed by atoms with Crippen LogP contribution in [0.1, 0.15) is 52.3 Å². The first-order chi connectivity index (χ1) is 16.0. The number of methoxy groups -OCH3 is 1. The number of thiophene rings is 1. The Hall–Kier alpha value is -1.93. The number of amidine groups is 2. The fourth-order valence-corrected chi connectivity index (χ4v) is 6.88. The number of ether oxygens (including phenoxy) is 1. The van der Waals surface area contributed by atoms with Crippen LogP contribution in [0.15, 0.2) is 28.8 Å². The first-order valence-electron chi connectivity index (χ1n) is 11.9. The topological polar surface area (TPSA) is 77.8 Å². The highest BCUT2D eigenvalue weighted by Gasteiger charge is 2.57. The summed E-state index contributed by atoms with van der Waals surface area (Å²) in [6.45, 7) is 10.5. The van der Waals surface area contributed by atoms with Gasteiger partial charge in [-0.3, -0.25) is 10.2 Å². The second-order valence-electron chi connectivity index (χ2n) is 10.1. The minimum absolute atomic E-state index is 0.0121. The van der Waals surface area contributed by atoms with E-state index in [2.05, 4.69) is 10.3 Å². The van der Waals surface area contributed by atoms with Gasteiger partial charge >= 0.3 is 0 Å². The molecule has 4 rings (SSSR count). The van der Waals surface area contributed by atoms with Crippen LogP contribution >= 0.6 is 22.9 Å². The van der Waals surface area contributed by atoms with Crippen molar-refractivity contribution in [3.05, 3.63) is 33.1 Å². The molecule has 1 aliphatic carbocycles. The van der Waals surface area contributed by atoms with Gasteiger partial charge in [-0.2, -0.15) is 4.99 Å². The van der Waals surface area contributed by atoms with Crippen LogP contribution < -0.4 is 5.32 Å². The van der Waals surface area contributed by atoms with Gasteiger partial charge in [0.05, 0.1) is 23.2 Å². The van der Waals surface area contributed by atoms with Crippen molar-refractivity contribution in [2.45, 2.75) is 53.0 Å². The average molecular weight is 509 g/mol. The normalized spacial score (nSPS) is 36.6. The molecule has 6 nitrogen and oxygen atoms in total. The molecule has 2 saturated heterocycles. The number of Topliss-reactive ketones (excluding diaryl/α,β-unsaturated/α-hetero) is 1. The fourth-order valence-electron chi connectivity index (χ4n) is 5.65. The molecule has 2 aliphatic heterocycles. The highest BCUT2D eigenvalue weighted by molar-refractivity contribution is 7.16. The van der Waals surface area contributed by atoms with Gasteiger partial charge in [-0.05, 0) is 37.8 Å². The van der Waals surface area contributed by atoms with Gasteiger partial charge in [-0.25, -0.2) is 4.39 Å². The number of aliphatic imine (C=N–C) groups is 1. The molecule has 0 radical (unpaired) electrons. The van der Waals surface area contributed by atoms with Gasteiger partial charge in [0.15, 0.2) is 5.83 Å². The predicted molar refractivity (Wildman–Crippen MR) is 135 cm³/mol. The molecule has 2 N–H and O–H groups in total. The molecule has 0 aromatic carbocycles. The molecule has 0 amide bonds. The lowest BCUT2D eigenvalue weighted by Gasteiger charge is -2.33. The Kier molecular flexibility index (Phi) is 6.62. The molecule has 6 atom stereocenters. The Labute approximate surface area is 210 Å². The van der Waals surface area contributed by atoms with E-state index in [0.717, 1.165) is 11.3 Å². The number of nitrogens with zero attached hydrogens (tertiary/aromatic N) is 2. The van der Waals surface area contributed by atoms with E-state index in [4.69, 9.17) is 21.7 Å². The van der Waals surface area contributed by atoms with E-state index in [0.29, 0.717) is 35.5 Å². The summed E-state index contributed by atoms with van der Waals surface area (Å²) in [4.78, 5) is 21.1. The highest BCUT2D eigenvalue weighted by atomic mass is 35.5. The van der Waals surface area contributed by atoms with Gasteiger partial charge in [0, 0.05) is 35.2 Å². The van der Waals surface area contributed by atoms with E-state index < -0.39 is 16.9 Å². The lowest BCUT2D eigenvalue weighted by molar-refractivity contribution is -0.127. The number of carbonyl (C=O) groups is 1. The van der Waals surface area contributed by atoms with Crippen LogP contribution in [0.4, 0.5) is 4.39 Å². The zero-order chi connectivity index (χ0) is 25.0. The van der Waals surface area contributed by atoms with E-state index in [1.807, 2.05) is 51.7 Å². The highest BCUT2D eigenvalue weighted by Crippen LogP contribution is 2.61. The number of fused-ring (bicyclic) bond motifs is 1. The minimum Gasteiger partial charge on any atom is -0.479 e. The largest absolute Gasteiger partial charge is 0.479 e. The summed E-state index contributed by atoms with van der Waals surface area (Å²) < 4.78 is 21.5. The van der Waals surface area contributed by atoms with Crippen LogP contribution in [0, 0.1) is 34.5 Å². The van der Waals surface area contributed by atoms with Gasteiger partial charge in [-0.1, -0.05) is 39.3 Å². The Morgan fingerprint density at radius 2 is 2.06 bits per heavy atom. The van der Waals surface area contributed by atoms with Crippen molar-refractivity contribution in [3.8, 4) is 0 Å². The van der Waals surface area contributed by atoms with Crippen LogP contribution in [0.5, 0.6) is 0 Å². The Balaban J connectivity index is 1.73. The summed E-state index contributed by atoms with van der Waals surface area (Å²) in [7, 11) is 1.45. The maximum absolute atomic E-state index is 15.4. The lowest BCUT2D eigenvalue weighted by atomic mass is 9.79. The van der Waals surface area contributed by atoms with Crippen LogP contribution in [-0.4, -0.2) is 42.6 Å². The monoisotopic (exact) mass is 508 g/mol. The number of carbonyl (C=O) groups excluding carboxylic acids is 1. The van der Waals surface area contributed by atoms with E-state index in [9.17, 15) is 4.79 Å². The number of halogens is 2. The molecular formula is C25H34ClFN4O2S. The summed E-state index contributed by atoms with van der Waals surface area (Å²) >= 11 is 7.71. The smallest absolute Gasteiger partial charge is 0.247 e. The van der Waals surface area contributed by atoms with E-state index in [-0.39, 0.29) is 35.2 Å². The Morgan fingerprint density at radius 3 is 2.59 bits per heavy atom. The molecule has 1 saturated carbocycles. The lowest BCUT2D eigenvalue weighted by Crippen LogP contribution is -2.52. The summed E-state index contributed by atoms with van der Waals surface area (Å²) in [5.41, 5.74) is -1.27. The quantitative estimate of drug-likeness (QED) is 0.309. The van der Waals surface area contributed by atoms with E-state index >= 15 is 4.39 Å². The summed E-state index contributed by atoms with van der Waals surface area (Å²) in [5.74, 6) is 0.159. The molecule has 9 heteroatoms. The molecule has 3 fully saturated rings. The van der Waals surface area contributed by atoms with E-state index in [1.165, 1.54) is 18.4 Å². The fraction of sp³-hybridized carbons (Fsp3) is 0.640. The van der Waals surface area contributed by atoms with E-state index in [1.54, 1.807) is 0 Å². The maximum Gasteiger partial charge on any atom is 0.247 e. The molecule has 1 aromatic heterocycles. The first kappa shape index (κ1) is 25.2. The number of ketones is 1.